The van der Waals surface area contributed by atoms with Gasteiger partial charge in [-0.3, -0.25) is 9.10 Å². The van der Waals surface area contributed by atoms with Crippen molar-refractivity contribution in [3.63, 3.8) is 0 Å². The van der Waals surface area contributed by atoms with Gasteiger partial charge in [0.15, 0.2) is 5.69 Å². The number of hydrogen-bond acceptors (Lipinski definition) is 4. The van der Waals surface area contributed by atoms with Crippen molar-refractivity contribution in [1.82, 2.24) is 14.3 Å². The molecule has 1 aromatic carbocycles. The number of aromatic carboxylic acids is 1. The van der Waals surface area contributed by atoms with Gasteiger partial charge in [0, 0.05) is 36.3 Å². The van der Waals surface area contributed by atoms with Gasteiger partial charge in [-0.25, -0.2) is 9.18 Å². The van der Waals surface area contributed by atoms with E-state index in [2.05, 4.69) is 9.71 Å². The number of benzene rings is 1. The molecule has 0 aliphatic carbocycles. The van der Waals surface area contributed by atoms with Crippen LogP contribution in [0.2, 0.25) is 0 Å². The molecular formula is C20H21FN4O5S. The summed E-state index contributed by atoms with van der Waals surface area (Å²) in [4.78, 5) is 26.3. The van der Waals surface area contributed by atoms with Gasteiger partial charge in [0.2, 0.25) is 5.56 Å². The molecule has 164 valence electrons. The molecule has 1 saturated heterocycles. The number of aryl methyl sites for hydroxylation is 1. The van der Waals surface area contributed by atoms with Crippen LogP contribution in [-0.2, 0) is 23.2 Å². The van der Waals surface area contributed by atoms with E-state index in [0.29, 0.717) is 23.7 Å². The number of H-pyrrole nitrogens is 1. The number of pyridine rings is 1. The monoisotopic (exact) mass is 448 g/mol. The molecule has 0 atom stereocenters. The van der Waals surface area contributed by atoms with Crippen LogP contribution >= 0.6 is 0 Å². The number of anilines is 1. The Labute approximate surface area is 177 Å². The molecule has 2 aromatic heterocycles. The van der Waals surface area contributed by atoms with Gasteiger partial charge >= 0.3 is 16.2 Å². The van der Waals surface area contributed by atoms with Crippen molar-refractivity contribution in [1.29, 1.82) is 0 Å². The van der Waals surface area contributed by atoms with Crippen molar-refractivity contribution in [2.45, 2.75) is 26.3 Å². The molecule has 3 aromatic rings. The third-order valence-corrected chi connectivity index (χ3v) is 6.87. The number of carboxylic acid groups (broad SMARTS) is 1. The fraction of sp³-hybridized carbons (Fsp3) is 0.300. The first-order valence-electron chi connectivity index (χ1n) is 9.75. The molecule has 31 heavy (non-hydrogen) atoms. The number of rotatable bonds is 5. The number of halogens is 1. The van der Waals surface area contributed by atoms with E-state index in [0.717, 1.165) is 22.1 Å². The molecule has 0 radical (unpaired) electrons. The lowest BCUT2D eigenvalue weighted by molar-refractivity contribution is 0.0687. The van der Waals surface area contributed by atoms with Crippen LogP contribution in [0.4, 0.5) is 10.1 Å². The number of carbonyl (C=O) groups is 1. The van der Waals surface area contributed by atoms with Crippen LogP contribution in [0, 0.1) is 5.82 Å². The third-order valence-electron chi connectivity index (χ3n) is 5.36. The van der Waals surface area contributed by atoms with Crippen molar-refractivity contribution in [2.24, 2.45) is 0 Å². The topological polar surface area (TPSA) is 124 Å². The van der Waals surface area contributed by atoms with E-state index in [9.17, 15) is 27.5 Å². The molecule has 1 aliphatic heterocycles. The highest BCUT2D eigenvalue weighted by atomic mass is 32.2. The first kappa shape index (κ1) is 21.1. The van der Waals surface area contributed by atoms with Crippen LogP contribution in [0.3, 0.4) is 0 Å². The summed E-state index contributed by atoms with van der Waals surface area (Å²) >= 11 is 0. The molecule has 0 amide bonds. The zero-order valence-corrected chi connectivity index (χ0v) is 17.5. The van der Waals surface area contributed by atoms with Crippen molar-refractivity contribution >= 4 is 32.8 Å². The van der Waals surface area contributed by atoms with Gasteiger partial charge < -0.3 is 14.7 Å². The summed E-state index contributed by atoms with van der Waals surface area (Å²) in [6, 6.07) is 6.32. The van der Waals surface area contributed by atoms with Gasteiger partial charge in [0.05, 0.1) is 17.7 Å². The highest BCUT2D eigenvalue weighted by Gasteiger charge is 2.34. The van der Waals surface area contributed by atoms with E-state index in [1.165, 1.54) is 4.57 Å². The summed E-state index contributed by atoms with van der Waals surface area (Å²) in [5.74, 6) is -2.05. The average Bonchev–Trinajstić information content (AvgIpc) is 3.03. The zero-order valence-electron chi connectivity index (χ0n) is 16.7. The molecule has 3 N–H and O–H groups in total. The van der Waals surface area contributed by atoms with E-state index in [1.54, 1.807) is 12.1 Å². The average molecular weight is 448 g/mol. The Bertz CT molecular complexity index is 1350. The van der Waals surface area contributed by atoms with Crippen LogP contribution in [0.15, 0.2) is 35.3 Å². The molecule has 3 heterocycles. The second-order valence-corrected chi connectivity index (χ2v) is 8.97. The Morgan fingerprint density at radius 1 is 1.29 bits per heavy atom. The predicted octanol–water partition coefficient (Wildman–Crippen LogP) is 1.82. The normalized spacial score (nSPS) is 16.0. The smallest absolute Gasteiger partial charge is 0.354 e. The van der Waals surface area contributed by atoms with E-state index < -0.39 is 27.6 Å². The molecule has 0 unspecified atom stereocenters. The van der Waals surface area contributed by atoms with E-state index in [4.69, 9.17) is 0 Å². The molecule has 1 fully saturated rings. The van der Waals surface area contributed by atoms with Gasteiger partial charge in [-0.2, -0.15) is 13.1 Å². The lowest BCUT2D eigenvalue weighted by Gasteiger charge is -2.29. The Balaban J connectivity index is 2.04. The van der Waals surface area contributed by atoms with Gasteiger partial charge in [0.25, 0.3) is 0 Å². The fourth-order valence-corrected chi connectivity index (χ4v) is 5.23. The van der Waals surface area contributed by atoms with Crippen LogP contribution in [0.25, 0.3) is 10.9 Å². The van der Waals surface area contributed by atoms with Gasteiger partial charge in [0.1, 0.15) is 5.82 Å². The lowest BCUT2D eigenvalue weighted by atomic mass is 10.1. The van der Waals surface area contributed by atoms with Crippen LogP contribution in [-0.4, -0.2) is 42.1 Å². The largest absolute Gasteiger partial charge is 0.477 e. The summed E-state index contributed by atoms with van der Waals surface area (Å²) in [6.07, 6.45) is 2.08. The Morgan fingerprint density at radius 3 is 2.74 bits per heavy atom. The highest BCUT2D eigenvalue weighted by molar-refractivity contribution is 7.91. The number of hydrogen-bond donors (Lipinski definition) is 3. The summed E-state index contributed by atoms with van der Waals surface area (Å²) in [5.41, 5.74) is 0.554. The SMILES string of the molecule is CCc1ccc2c(c1)c(N1CCCNS1(=O)=O)c(C(=O)O)n2Cc1cc(=O)[nH]cc1F. The zero-order chi connectivity index (χ0) is 22.3. The minimum Gasteiger partial charge on any atom is -0.477 e. The Hall–Kier alpha value is -3.18. The quantitative estimate of drug-likeness (QED) is 0.549. The van der Waals surface area contributed by atoms with Crippen LogP contribution in [0.5, 0.6) is 0 Å². The summed E-state index contributed by atoms with van der Waals surface area (Å²) < 4.78 is 44.6. The molecule has 0 saturated carbocycles. The van der Waals surface area contributed by atoms with Crippen molar-refractivity contribution in [2.75, 3.05) is 17.4 Å². The summed E-state index contributed by atoms with van der Waals surface area (Å²) in [7, 11) is -3.94. The minimum absolute atomic E-state index is 0.00565. The maximum absolute atomic E-state index is 14.3. The van der Waals surface area contributed by atoms with Crippen molar-refractivity contribution in [3.05, 3.63) is 63.5 Å². The molecular weight excluding hydrogens is 427 g/mol. The third kappa shape index (κ3) is 3.70. The van der Waals surface area contributed by atoms with Crippen molar-refractivity contribution in [3.8, 4) is 0 Å². The maximum Gasteiger partial charge on any atom is 0.354 e. The van der Waals surface area contributed by atoms with Gasteiger partial charge in [-0.05, 0) is 30.5 Å². The maximum atomic E-state index is 14.3. The second kappa shape index (κ2) is 7.82. The number of carboxylic acids is 1. The number of nitrogens with zero attached hydrogens (tertiary/aromatic N) is 2. The lowest BCUT2D eigenvalue weighted by Crippen LogP contribution is -2.47. The first-order valence-corrected chi connectivity index (χ1v) is 11.2. The van der Waals surface area contributed by atoms with E-state index in [-0.39, 0.29) is 36.6 Å². The number of fused-ring (bicyclic) bond motifs is 1. The van der Waals surface area contributed by atoms with E-state index >= 15 is 0 Å². The van der Waals surface area contributed by atoms with Crippen LogP contribution in [0.1, 0.15) is 35.0 Å². The fourth-order valence-electron chi connectivity index (χ4n) is 3.88. The Kier molecular flexibility index (Phi) is 5.31. The van der Waals surface area contributed by atoms with E-state index in [1.807, 2.05) is 13.0 Å². The number of aromatic nitrogens is 2. The Morgan fingerprint density at radius 2 is 2.06 bits per heavy atom. The standard InChI is InChI=1S/C20H21FN4O5S/c1-2-12-4-5-16-14(8-12)18(25-7-3-6-23-31(25,29)30)19(20(27)28)24(16)11-13-9-17(26)22-10-15(13)21/h4-5,8-10,23H,2-3,6-7,11H2,1H3,(H,22,26)(H,27,28). The molecule has 11 heteroatoms. The molecule has 4 rings (SSSR count). The first-order chi connectivity index (χ1) is 14.7. The number of nitrogens with one attached hydrogen (secondary N) is 2. The minimum atomic E-state index is -3.94. The molecule has 1 aliphatic rings. The molecule has 9 nitrogen and oxygen atoms in total. The number of aromatic amines is 1. The molecule has 0 bridgehead atoms. The van der Waals surface area contributed by atoms with Gasteiger partial charge in [-0.1, -0.05) is 13.0 Å². The van der Waals surface area contributed by atoms with Gasteiger partial charge in [-0.15, -0.1) is 0 Å². The summed E-state index contributed by atoms with van der Waals surface area (Å²) in [6.45, 7) is 2.06. The predicted molar refractivity (Wildman–Crippen MR) is 113 cm³/mol. The van der Waals surface area contributed by atoms with Crippen LogP contribution < -0.4 is 14.6 Å². The second-order valence-electron chi connectivity index (χ2n) is 7.29. The molecule has 0 spiro atoms. The highest BCUT2D eigenvalue weighted by Crippen LogP contribution is 2.37. The van der Waals surface area contributed by atoms with Crippen molar-refractivity contribution < 1.29 is 22.7 Å². The summed E-state index contributed by atoms with van der Waals surface area (Å²) in [5, 5.41) is 10.5.